The van der Waals surface area contributed by atoms with E-state index in [0.29, 0.717) is 16.7 Å². The SMILES string of the molecule is Cc1ccccc1NC(=O)Nc1ccc2[nH]c(=O)[nH]c2c1. The zero-order valence-electron chi connectivity index (χ0n) is 11.4. The van der Waals surface area contributed by atoms with Crippen molar-refractivity contribution in [3.63, 3.8) is 0 Å². The minimum absolute atomic E-state index is 0.272. The van der Waals surface area contributed by atoms with E-state index >= 15 is 0 Å². The number of H-pyrrole nitrogens is 2. The summed E-state index contributed by atoms with van der Waals surface area (Å²) >= 11 is 0. The van der Waals surface area contributed by atoms with Crippen LogP contribution in [0.25, 0.3) is 11.0 Å². The number of urea groups is 1. The van der Waals surface area contributed by atoms with Crippen LogP contribution >= 0.6 is 0 Å². The fourth-order valence-corrected chi connectivity index (χ4v) is 2.11. The molecule has 0 spiro atoms. The van der Waals surface area contributed by atoms with Crippen LogP contribution in [0.15, 0.2) is 47.3 Å². The molecule has 6 heteroatoms. The van der Waals surface area contributed by atoms with Crippen molar-refractivity contribution in [1.82, 2.24) is 9.97 Å². The minimum atomic E-state index is -0.332. The van der Waals surface area contributed by atoms with Crippen molar-refractivity contribution in [1.29, 1.82) is 0 Å². The monoisotopic (exact) mass is 282 g/mol. The molecule has 3 aromatic rings. The number of nitrogens with one attached hydrogen (secondary N) is 4. The molecule has 1 heterocycles. The molecule has 2 aromatic carbocycles. The number of carbonyl (C=O) groups excluding carboxylic acids is 1. The zero-order chi connectivity index (χ0) is 14.8. The topological polar surface area (TPSA) is 89.8 Å². The highest BCUT2D eigenvalue weighted by Crippen LogP contribution is 2.16. The third-order valence-corrected chi connectivity index (χ3v) is 3.17. The molecule has 21 heavy (non-hydrogen) atoms. The van der Waals surface area contributed by atoms with Crippen molar-refractivity contribution in [2.45, 2.75) is 6.92 Å². The summed E-state index contributed by atoms with van der Waals surface area (Å²) in [4.78, 5) is 28.5. The fraction of sp³-hybridized carbons (Fsp3) is 0.0667. The number of amides is 2. The highest BCUT2D eigenvalue weighted by Gasteiger charge is 2.06. The van der Waals surface area contributed by atoms with Crippen molar-refractivity contribution in [3.8, 4) is 0 Å². The molecule has 0 radical (unpaired) electrons. The molecule has 3 rings (SSSR count). The Hall–Kier alpha value is -3.02. The van der Waals surface area contributed by atoms with Crippen LogP contribution in [-0.4, -0.2) is 16.0 Å². The van der Waals surface area contributed by atoms with Gasteiger partial charge < -0.3 is 20.6 Å². The Kier molecular flexibility index (Phi) is 3.19. The van der Waals surface area contributed by atoms with Crippen LogP contribution in [0.1, 0.15) is 5.56 Å². The molecule has 0 aliphatic carbocycles. The lowest BCUT2D eigenvalue weighted by atomic mass is 10.2. The van der Waals surface area contributed by atoms with E-state index in [1.807, 2.05) is 31.2 Å². The largest absolute Gasteiger partial charge is 0.323 e. The van der Waals surface area contributed by atoms with Gasteiger partial charge in [-0.15, -0.1) is 0 Å². The van der Waals surface area contributed by atoms with Crippen LogP contribution in [0.4, 0.5) is 16.2 Å². The predicted octanol–water partition coefficient (Wildman–Crippen LogP) is 2.81. The van der Waals surface area contributed by atoms with E-state index in [2.05, 4.69) is 20.6 Å². The van der Waals surface area contributed by atoms with Gasteiger partial charge in [0.2, 0.25) is 0 Å². The molecule has 0 fully saturated rings. The summed E-state index contributed by atoms with van der Waals surface area (Å²) in [7, 11) is 0. The third kappa shape index (κ3) is 2.79. The first-order valence-electron chi connectivity index (χ1n) is 6.47. The molecule has 0 saturated heterocycles. The number of aromatic nitrogens is 2. The van der Waals surface area contributed by atoms with E-state index in [1.54, 1.807) is 18.2 Å². The van der Waals surface area contributed by atoms with E-state index in [1.165, 1.54) is 0 Å². The third-order valence-electron chi connectivity index (χ3n) is 3.17. The second-order valence-electron chi connectivity index (χ2n) is 4.73. The van der Waals surface area contributed by atoms with Gasteiger partial charge in [0.15, 0.2) is 0 Å². The summed E-state index contributed by atoms with van der Waals surface area (Å²) in [5.41, 5.74) is 3.41. The Morgan fingerprint density at radius 3 is 2.57 bits per heavy atom. The van der Waals surface area contributed by atoms with Gasteiger partial charge in [-0.05, 0) is 36.8 Å². The van der Waals surface area contributed by atoms with Gasteiger partial charge in [0.1, 0.15) is 0 Å². The molecule has 0 aliphatic heterocycles. The standard InChI is InChI=1S/C15H14N4O2/c1-9-4-2-3-5-11(9)17-14(20)16-10-6-7-12-13(8-10)19-15(21)18-12/h2-8H,1H3,(H2,16,17,20)(H2,18,19,21). The van der Waals surface area contributed by atoms with E-state index in [0.717, 1.165) is 11.3 Å². The van der Waals surface area contributed by atoms with E-state index in [4.69, 9.17) is 0 Å². The number of hydrogen-bond donors (Lipinski definition) is 4. The quantitative estimate of drug-likeness (QED) is 0.582. The van der Waals surface area contributed by atoms with Crippen LogP contribution in [0.2, 0.25) is 0 Å². The van der Waals surface area contributed by atoms with Crippen LogP contribution in [-0.2, 0) is 0 Å². The second kappa shape index (κ2) is 5.16. The normalized spacial score (nSPS) is 10.5. The first-order chi connectivity index (χ1) is 10.1. The molecular weight excluding hydrogens is 268 g/mol. The van der Waals surface area contributed by atoms with Gasteiger partial charge >= 0.3 is 11.7 Å². The predicted molar refractivity (Wildman–Crippen MR) is 82.7 cm³/mol. The number of para-hydroxylation sites is 1. The average Bonchev–Trinajstić information content (AvgIpc) is 2.80. The van der Waals surface area contributed by atoms with Crippen molar-refractivity contribution in [3.05, 3.63) is 58.5 Å². The average molecular weight is 282 g/mol. The molecule has 0 unspecified atom stereocenters. The van der Waals surface area contributed by atoms with E-state index < -0.39 is 0 Å². The summed E-state index contributed by atoms with van der Waals surface area (Å²) in [5.74, 6) is 0. The van der Waals surface area contributed by atoms with Gasteiger partial charge in [0, 0.05) is 11.4 Å². The van der Waals surface area contributed by atoms with Crippen LogP contribution in [0.5, 0.6) is 0 Å². The molecule has 0 saturated carbocycles. The Morgan fingerprint density at radius 2 is 1.76 bits per heavy atom. The van der Waals surface area contributed by atoms with Gasteiger partial charge in [-0.2, -0.15) is 0 Å². The molecule has 0 bridgehead atoms. The van der Waals surface area contributed by atoms with Crippen LogP contribution in [0.3, 0.4) is 0 Å². The molecule has 0 atom stereocenters. The zero-order valence-corrected chi connectivity index (χ0v) is 11.4. The minimum Gasteiger partial charge on any atom is -0.308 e. The number of fused-ring (bicyclic) bond motifs is 1. The van der Waals surface area contributed by atoms with Crippen molar-refractivity contribution < 1.29 is 4.79 Å². The summed E-state index contributed by atoms with van der Waals surface area (Å²) in [6, 6.07) is 12.4. The van der Waals surface area contributed by atoms with Crippen LogP contribution in [0, 0.1) is 6.92 Å². The molecule has 106 valence electrons. The number of rotatable bonds is 2. The first-order valence-corrected chi connectivity index (χ1v) is 6.47. The smallest absolute Gasteiger partial charge is 0.308 e. The number of benzene rings is 2. The number of aryl methyl sites for hydroxylation is 1. The van der Waals surface area contributed by atoms with Gasteiger partial charge in [-0.3, -0.25) is 0 Å². The number of hydrogen-bond acceptors (Lipinski definition) is 2. The van der Waals surface area contributed by atoms with Gasteiger partial charge in [0.25, 0.3) is 0 Å². The molecule has 4 N–H and O–H groups in total. The fourth-order valence-electron chi connectivity index (χ4n) is 2.11. The van der Waals surface area contributed by atoms with Crippen molar-refractivity contribution >= 4 is 28.4 Å². The van der Waals surface area contributed by atoms with Gasteiger partial charge in [-0.1, -0.05) is 18.2 Å². The number of carbonyl (C=O) groups is 1. The molecule has 6 nitrogen and oxygen atoms in total. The van der Waals surface area contributed by atoms with Crippen molar-refractivity contribution in [2.75, 3.05) is 10.6 Å². The van der Waals surface area contributed by atoms with Gasteiger partial charge in [0.05, 0.1) is 11.0 Å². The highest BCUT2D eigenvalue weighted by atomic mass is 16.2. The Labute approximate surface area is 120 Å². The summed E-state index contributed by atoms with van der Waals surface area (Å²) < 4.78 is 0. The summed E-state index contributed by atoms with van der Waals surface area (Å²) in [5, 5.41) is 5.52. The van der Waals surface area contributed by atoms with Crippen LogP contribution < -0.4 is 16.3 Å². The summed E-state index contributed by atoms with van der Waals surface area (Å²) in [6.45, 7) is 1.92. The maximum Gasteiger partial charge on any atom is 0.323 e. The number of aromatic amines is 2. The molecule has 0 aliphatic rings. The lowest BCUT2D eigenvalue weighted by Crippen LogP contribution is -2.19. The molecule has 2 amide bonds. The number of imidazole rings is 1. The highest BCUT2D eigenvalue weighted by molar-refractivity contribution is 6.01. The lowest BCUT2D eigenvalue weighted by molar-refractivity contribution is 0.262. The van der Waals surface area contributed by atoms with Gasteiger partial charge in [-0.25, -0.2) is 9.59 Å². The molecule has 1 aromatic heterocycles. The molecular formula is C15H14N4O2. The second-order valence-corrected chi connectivity index (χ2v) is 4.73. The Bertz CT molecular complexity index is 863. The van der Waals surface area contributed by atoms with Crippen molar-refractivity contribution in [2.24, 2.45) is 0 Å². The Morgan fingerprint density at radius 1 is 1.00 bits per heavy atom. The Balaban J connectivity index is 1.77. The maximum absolute atomic E-state index is 12.0. The van der Waals surface area contributed by atoms with E-state index in [9.17, 15) is 9.59 Å². The lowest BCUT2D eigenvalue weighted by Gasteiger charge is -2.09. The first kappa shape index (κ1) is 13.0. The number of anilines is 2. The summed E-state index contributed by atoms with van der Waals surface area (Å²) in [6.07, 6.45) is 0. The maximum atomic E-state index is 12.0. The van der Waals surface area contributed by atoms with E-state index in [-0.39, 0.29) is 11.7 Å².